The molecule has 1 rings (SSSR count). The molecule has 0 aromatic carbocycles. The Kier molecular flexibility index (Phi) is 4.32. The normalized spacial score (nSPS) is 19.1. The van der Waals surface area contributed by atoms with Gasteiger partial charge in [-0.3, -0.25) is 4.79 Å². The highest BCUT2D eigenvalue weighted by Crippen LogP contribution is 2.12. The van der Waals surface area contributed by atoms with Crippen LogP contribution in [0.4, 0.5) is 0 Å². The summed E-state index contributed by atoms with van der Waals surface area (Å²) in [5.74, 6) is 0.0987. The van der Waals surface area contributed by atoms with Crippen molar-refractivity contribution in [3.05, 3.63) is 0 Å². The van der Waals surface area contributed by atoms with Crippen LogP contribution in [-0.4, -0.2) is 55.0 Å². The van der Waals surface area contributed by atoms with Gasteiger partial charge in [0, 0.05) is 32.6 Å². The lowest BCUT2D eigenvalue weighted by atomic mass is 10.3. The first-order valence-electron chi connectivity index (χ1n) is 5.66. The lowest BCUT2D eigenvalue weighted by molar-refractivity contribution is -0.132. The molecule has 1 fully saturated rings. The SMILES string of the molecule is CCC(=O)N1CCN(S(=O)(=O)C(C)C)CC1. The number of piperazine rings is 1. The van der Waals surface area contributed by atoms with Gasteiger partial charge >= 0.3 is 0 Å². The summed E-state index contributed by atoms with van der Waals surface area (Å²) >= 11 is 0. The number of rotatable bonds is 3. The molecule has 0 aromatic heterocycles. The summed E-state index contributed by atoms with van der Waals surface area (Å²) < 4.78 is 25.2. The zero-order valence-electron chi connectivity index (χ0n) is 10.1. The van der Waals surface area contributed by atoms with Gasteiger partial charge in [-0.2, -0.15) is 4.31 Å². The number of hydrogen-bond donors (Lipinski definition) is 0. The van der Waals surface area contributed by atoms with Gasteiger partial charge in [0.15, 0.2) is 0 Å². The van der Waals surface area contributed by atoms with Gasteiger partial charge in [-0.15, -0.1) is 0 Å². The summed E-state index contributed by atoms with van der Waals surface area (Å²) in [5, 5.41) is -0.388. The molecular weight excluding hydrogens is 228 g/mol. The molecule has 94 valence electrons. The van der Waals surface area contributed by atoms with Crippen LogP contribution in [0.5, 0.6) is 0 Å². The Morgan fingerprint density at radius 3 is 2.06 bits per heavy atom. The monoisotopic (exact) mass is 248 g/mol. The molecule has 1 saturated heterocycles. The van der Waals surface area contributed by atoms with Crippen molar-refractivity contribution in [2.45, 2.75) is 32.4 Å². The van der Waals surface area contributed by atoms with Crippen molar-refractivity contribution in [1.82, 2.24) is 9.21 Å². The highest BCUT2D eigenvalue weighted by atomic mass is 32.2. The van der Waals surface area contributed by atoms with E-state index in [-0.39, 0.29) is 11.2 Å². The van der Waals surface area contributed by atoms with Crippen molar-refractivity contribution in [2.75, 3.05) is 26.2 Å². The Labute approximate surface area is 97.5 Å². The molecule has 5 nitrogen and oxygen atoms in total. The molecule has 1 amide bonds. The summed E-state index contributed by atoms with van der Waals surface area (Å²) in [5.41, 5.74) is 0. The smallest absolute Gasteiger partial charge is 0.222 e. The molecule has 0 radical (unpaired) electrons. The van der Waals surface area contributed by atoms with Crippen LogP contribution in [0.2, 0.25) is 0 Å². The van der Waals surface area contributed by atoms with E-state index in [2.05, 4.69) is 0 Å². The predicted octanol–water partition coefficient (Wildman–Crippen LogP) is 0.279. The molecule has 0 unspecified atom stereocenters. The fraction of sp³-hybridized carbons (Fsp3) is 0.900. The number of nitrogens with zero attached hydrogens (tertiary/aromatic N) is 2. The van der Waals surface area contributed by atoms with Crippen LogP contribution in [0, 0.1) is 0 Å². The van der Waals surface area contributed by atoms with Crippen LogP contribution >= 0.6 is 0 Å². The quantitative estimate of drug-likeness (QED) is 0.721. The largest absolute Gasteiger partial charge is 0.340 e. The topological polar surface area (TPSA) is 57.7 Å². The molecule has 1 aliphatic rings. The molecule has 0 aliphatic carbocycles. The van der Waals surface area contributed by atoms with E-state index in [1.54, 1.807) is 18.7 Å². The standard InChI is InChI=1S/C10H20N2O3S/c1-4-10(13)11-5-7-12(8-6-11)16(14,15)9(2)3/h9H,4-8H2,1-3H3. The van der Waals surface area contributed by atoms with Gasteiger partial charge in [0.05, 0.1) is 5.25 Å². The molecule has 1 aliphatic heterocycles. The first-order chi connectivity index (χ1) is 7.39. The van der Waals surface area contributed by atoms with E-state index in [0.29, 0.717) is 32.6 Å². The number of amides is 1. The lowest BCUT2D eigenvalue weighted by Crippen LogP contribution is -2.51. The van der Waals surface area contributed by atoms with Crippen molar-refractivity contribution < 1.29 is 13.2 Å². The van der Waals surface area contributed by atoms with Gasteiger partial charge in [0.2, 0.25) is 15.9 Å². The Bertz CT molecular complexity index is 343. The molecule has 0 aromatic rings. The minimum atomic E-state index is -3.16. The third kappa shape index (κ3) is 2.74. The summed E-state index contributed by atoms with van der Waals surface area (Å²) in [4.78, 5) is 13.1. The first-order valence-corrected chi connectivity index (χ1v) is 7.16. The van der Waals surface area contributed by atoms with Crippen LogP contribution in [0.1, 0.15) is 27.2 Å². The van der Waals surface area contributed by atoms with Gasteiger partial charge in [-0.05, 0) is 13.8 Å². The van der Waals surface area contributed by atoms with Crippen LogP contribution in [0.15, 0.2) is 0 Å². The molecular formula is C10H20N2O3S. The van der Waals surface area contributed by atoms with Crippen molar-refractivity contribution >= 4 is 15.9 Å². The molecule has 0 N–H and O–H groups in total. The van der Waals surface area contributed by atoms with E-state index >= 15 is 0 Å². The molecule has 0 spiro atoms. The van der Waals surface area contributed by atoms with E-state index in [9.17, 15) is 13.2 Å². The lowest BCUT2D eigenvalue weighted by Gasteiger charge is -2.34. The number of carbonyl (C=O) groups is 1. The van der Waals surface area contributed by atoms with Crippen LogP contribution < -0.4 is 0 Å². The first kappa shape index (κ1) is 13.4. The molecule has 0 bridgehead atoms. The van der Waals surface area contributed by atoms with Gasteiger partial charge in [-0.1, -0.05) is 6.92 Å². The molecule has 0 atom stereocenters. The minimum absolute atomic E-state index is 0.0987. The van der Waals surface area contributed by atoms with Crippen LogP contribution in [-0.2, 0) is 14.8 Å². The number of carbonyl (C=O) groups excluding carboxylic acids is 1. The molecule has 16 heavy (non-hydrogen) atoms. The van der Waals surface area contributed by atoms with E-state index < -0.39 is 10.0 Å². The van der Waals surface area contributed by atoms with Gasteiger partial charge in [-0.25, -0.2) is 8.42 Å². The van der Waals surface area contributed by atoms with Crippen molar-refractivity contribution in [3.63, 3.8) is 0 Å². The zero-order valence-corrected chi connectivity index (χ0v) is 11.0. The second-order valence-corrected chi connectivity index (χ2v) is 6.72. The Hall–Kier alpha value is -0.620. The van der Waals surface area contributed by atoms with E-state index in [1.165, 1.54) is 4.31 Å². The molecule has 0 saturated carbocycles. The van der Waals surface area contributed by atoms with Gasteiger partial charge < -0.3 is 4.90 Å². The van der Waals surface area contributed by atoms with Crippen molar-refractivity contribution in [2.24, 2.45) is 0 Å². The molecule has 1 heterocycles. The van der Waals surface area contributed by atoms with Crippen LogP contribution in [0.3, 0.4) is 0 Å². The summed E-state index contributed by atoms with van der Waals surface area (Å²) in [6.07, 6.45) is 0.483. The Balaban J connectivity index is 2.59. The maximum absolute atomic E-state index is 11.9. The average Bonchev–Trinajstić information content (AvgIpc) is 2.28. The molecule has 6 heteroatoms. The second kappa shape index (κ2) is 5.14. The fourth-order valence-corrected chi connectivity index (χ4v) is 2.98. The van der Waals surface area contributed by atoms with Crippen molar-refractivity contribution in [1.29, 1.82) is 0 Å². The Morgan fingerprint density at radius 1 is 1.19 bits per heavy atom. The van der Waals surface area contributed by atoms with E-state index in [4.69, 9.17) is 0 Å². The predicted molar refractivity (Wildman–Crippen MR) is 62.5 cm³/mol. The van der Waals surface area contributed by atoms with Gasteiger partial charge in [0.25, 0.3) is 0 Å². The Morgan fingerprint density at radius 2 is 1.69 bits per heavy atom. The third-order valence-electron chi connectivity index (χ3n) is 2.85. The second-order valence-electron chi connectivity index (χ2n) is 4.23. The fourth-order valence-electron chi connectivity index (χ4n) is 1.71. The summed E-state index contributed by atoms with van der Waals surface area (Å²) in [6.45, 7) is 7.05. The average molecular weight is 248 g/mol. The number of sulfonamides is 1. The summed E-state index contributed by atoms with van der Waals surface area (Å²) in [6, 6.07) is 0. The van der Waals surface area contributed by atoms with E-state index in [1.807, 2.05) is 6.92 Å². The third-order valence-corrected chi connectivity index (χ3v) is 5.13. The minimum Gasteiger partial charge on any atom is -0.340 e. The van der Waals surface area contributed by atoms with Gasteiger partial charge in [0.1, 0.15) is 0 Å². The highest BCUT2D eigenvalue weighted by Gasteiger charge is 2.30. The maximum Gasteiger partial charge on any atom is 0.222 e. The van der Waals surface area contributed by atoms with Crippen LogP contribution in [0.25, 0.3) is 0 Å². The zero-order chi connectivity index (χ0) is 12.3. The summed E-state index contributed by atoms with van der Waals surface area (Å²) in [7, 11) is -3.16. The number of hydrogen-bond acceptors (Lipinski definition) is 3. The van der Waals surface area contributed by atoms with Crippen molar-refractivity contribution in [3.8, 4) is 0 Å². The van der Waals surface area contributed by atoms with E-state index in [0.717, 1.165) is 0 Å². The maximum atomic E-state index is 11.9. The highest BCUT2D eigenvalue weighted by molar-refractivity contribution is 7.89.